The van der Waals surface area contributed by atoms with Crippen LogP contribution in [-0.4, -0.2) is 40.8 Å². The summed E-state index contributed by atoms with van der Waals surface area (Å²) in [6, 6.07) is 66.7. The van der Waals surface area contributed by atoms with Gasteiger partial charge in [-0.1, -0.05) is 124 Å². The Morgan fingerprint density at radius 1 is 0.528 bits per heavy atom. The SMILES string of the molecule is Br.CCCCN1C=CN(Cc2ccccc2)[CH-]1.CCCCn1cc[n+](Cc2ccccc2)c1.[Cl][Pt+].[Pt+2].[c-]1ccccc1-c1cccc(-c2ccccn2)n1.[c-]1ccccc1-c1cccc(-c2ccccn2)n1. The Kier molecular flexibility index (Phi) is 28.2. The molecule has 5 aromatic heterocycles. The molecule has 0 bridgehead atoms. The zero-order chi connectivity index (χ0) is 48.9. The van der Waals surface area contributed by atoms with Crippen LogP contribution in [-0.2, 0) is 59.5 Å². The van der Waals surface area contributed by atoms with Crippen LogP contribution in [0, 0.1) is 18.8 Å². The average molecular weight is 1400 g/mol. The van der Waals surface area contributed by atoms with Crippen LogP contribution in [0.1, 0.15) is 50.7 Å². The number of hydrogen-bond donors (Lipinski definition) is 0. The summed E-state index contributed by atoms with van der Waals surface area (Å²) < 4.78 is 4.48. The normalized spacial score (nSPS) is 10.8. The molecule has 10 rings (SSSR count). The molecule has 8 nitrogen and oxygen atoms in total. The average Bonchev–Trinajstić information content (AvgIpc) is 4.11. The number of pyridine rings is 4. The van der Waals surface area contributed by atoms with Crippen molar-refractivity contribution in [1.82, 2.24) is 34.3 Å². The van der Waals surface area contributed by atoms with E-state index in [2.05, 4.69) is 173 Å². The van der Waals surface area contributed by atoms with Crippen LogP contribution < -0.4 is 4.57 Å². The molecule has 0 fully saturated rings. The van der Waals surface area contributed by atoms with Crippen LogP contribution in [0.3, 0.4) is 0 Å². The van der Waals surface area contributed by atoms with E-state index in [0.29, 0.717) is 0 Å². The van der Waals surface area contributed by atoms with Gasteiger partial charge >= 0.3 is 49.3 Å². The maximum Gasteiger partial charge on any atom is 2.00 e. The summed E-state index contributed by atoms with van der Waals surface area (Å²) in [4.78, 5) is 22.3. The topological polar surface area (TPSA) is 66.8 Å². The van der Waals surface area contributed by atoms with Gasteiger partial charge in [-0.25, -0.2) is 9.13 Å². The Morgan fingerprint density at radius 2 is 1.00 bits per heavy atom. The summed E-state index contributed by atoms with van der Waals surface area (Å²) in [6.07, 6.45) is 19.3. The van der Waals surface area contributed by atoms with Crippen molar-refractivity contribution in [3.05, 3.63) is 255 Å². The minimum atomic E-state index is 0. The van der Waals surface area contributed by atoms with E-state index in [1.54, 1.807) is 31.2 Å². The molecule has 0 spiro atoms. The number of unbranched alkanes of at least 4 members (excludes halogenated alkanes) is 2. The van der Waals surface area contributed by atoms with Gasteiger partial charge in [0.2, 0.25) is 6.33 Å². The summed E-state index contributed by atoms with van der Waals surface area (Å²) in [7, 11) is 4.61. The number of benzene rings is 4. The van der Waals surface area contributed by atoms with Gasteiger partial charge in [-0.2, -0.15) is 6.67 Å². The maximum atomic E-state index is 4.62. The molecule has 1 aliphatic heterocycles. The molecule has 0 amide bonds. The predicted octanol–water partition coefficient (Wildman–Crippen LogP) is 14.3. The van der Waals surface area contributed by atoms with Crippen LogP contribution in [0.5, 0.6) is 0 Å². The third-order valence-corrected chi connectivity index (χ3v) is 10.8. The first-order chi connectivity index (χ1) is 34.6. The number of imidazole rings is 1. The first kappa shape index (κ1) is 58.7. The van der Waals surface area contributed by atoms with Gasteiger partial charge in [0.15, 0.2) is 0 Å². The van der Waals surface area contributed by atoms with Gasteiger partial charge < -0.3 is 9.80 Å². The van der Waals surface area contributed by atoms with Gasteiger partial charge in [-0.05, 0) is 90.7 Å². The monoisotopic (exact) mass is 1400 g/mol. The molecule has 0 unspecified atom stereocenters. The third kappa shape index (κ3) is 20.4. The van der Waals surface area contributed by atoms with E-state index in [4.69, 9.17) is 0 Å². The fraction of sp³-hybridized carbons (Fsp3) is 0.167. The number of halogens is 2. The number of rotatable bonds is 14. The largest absolute Gasteiger partial charge is 2.00 e. The van der Waals surface area contributed by atoms with Crippen LogP contribution in [0.15, 0.2) is 226 Å². The number of aromatic nitrogens is 6. The van der Waals surface area contributed by atoms with Gasteiger partial charge in [-0.15, -0.1) is 88.8 Å². The van der Waals surface area contributed by atoms with Crippen LogP contribution in [0.4, 0.5) is 0 Å². The number of nitrogens with zero attached hydrogens (tertiary/aromatic N) is 8. The molecule has 4 aromatic carbocycles. The fourth-order valence-electron chi connectivity index (χ4n) is 7.19. The molecule has 0 saturated heterocycles. The van der Waals surface area contributed by atoms with E-state index in [1.807, 2.05) is 121 Å². The van der Waals surface area contributed by atoms with Crippen LogP contribution in [0.25, 0.3) is 45.3 Å². The molecule has 0 atom stereocenters. The van der Waals surface area contributed by atoms with Crippen molar-refractivity contribution in [3.63, 3.8) is 0 Å². The molecule has 9 aromatic rings. The number of aryl methyl sites for hydroxylation is 1. The molecule has 6 heterocycles. The van der Waals surface area contributed by atoms with Crippen molar-refractivity contribution in [2.24, 2.45) is 0 Å². The molecule has 1 aliphatic rings. The van der Waals surface area contributed by atoms with E-state index in [0.717, 1.165) is 71.5 Å². The zero-order valence-electron chi connectivity index (χ0n) is 40.6. The summed E-state index contributed by atoms with van der Waals surface area (Å²) >= 11 is 1.61. The molecule has 0 N–H and O–H groups in total. The summed E-state index contributed by atoms with van der Waals surface area (Å²) in [6.45, 7) is 10.8. The van der Waals surface area contributed by atoms with E-state index in [-0.39, 0.29) is 38.0 Å². The minimum absolute atomic E-state index is 0. The predicted molar refractivity (Wildman–Crippen MR) is 292 cm³/mol. The Labute approximate surface area is 467 Å². The first-order valence-electron chi connectivity index (χ1n) is 23.6. The second kappa shape index (κ2) is 34.5. The quantitative estimate of drug-likeness (QED) is 0.0798. The Morgan fingerprint density at radius 3 is 1.50 bits per heavy atom. The summed E-state index contributed by atoms with van der Waals surface area (Å²) in [5.74, 6) is 0. The second-order valence-electron chi connectivity index (χ2n) is 16.1. The molecule has 0 aliphatic carbocycles. The molecular formula is C60H61BrClN8Pt2+. The molecule has 374 valence electrons. The van der Waals surface area contributed by atoms with Gasteiger partial charge in [0.25, 0.3) is 0 Å². The maximum absolute atomic E-state index is 4.62. The number of hydrogen-bond acceptors (Lipinski definition) is 6. The smallest absolute Gasteiger partial charge is 0.295 e. The molecule has 0 radical (unpaired) electrons. The third-order valence-electron chi connectivity index (χ3n) is 10.8. The summed E-state index contributed by atoms with van der Waals surface area (Å²) in [5.41, 5.74) is 10.0. The minimum Gasteiger partial charge on any atom is -0.295 e. The van der Waals surface area contributed by atoms with E-state index >= 15 is 0 Å². The second-order valence-corrected chi connectivity index (χ2v) is 16.1. The molecule has 12 heteroatoms. The van der Waals surface area contributed by atoms with Crippen molar-refractivity contribution in [2.75, 3.05) is 6.54 Å². The van der Waals surface area contributed by atoms with Gasteiger partial charge in [0.1, 0.15) is 18.9 Å². The Balaban J connectivity index is 0.000000204. The molecule has 72 heavy (non-hydrogen) atoms. The van der Waals surface area contributed by atoms with E-state index < -0.39 is 0 Å². The molecule has 0 saturated carbocycles. The summed E-state index contributed by atoms with van der Waals surface area (Å²) in [5, 5.41) is 0. The van der Waals surface area contributed by atoms with Gasteiger partial charge in [-0.3, -0.25) is 19.9 Å². The van der Waals surface area contributed by atoms with Crippen molar-refractivity contribution in [2.45, 2.75) is 59.2 Å². The van der Waals surface area contributed by atoms with Gasteiger partial charge in [0, 0.05) is 18.9 Å². The fourth-order valence-corrected chi connectivity index (χ4v) is 7.19. The van der Waals surface area contributed by atoms with Crippen LogP contribution in [0.2, 0.25) is 0 Å². The van der Waals surface area contributed by atoms with Crippen molar-refractivity contribution in [3.8, 4) is 45.3 Å². The zero-order valence-corrected chi connectivity index (χ0v) is 47.6. The van der Waals surface area contributed by atoms with Crippen molar-refractivity contribution in [1.29, 1.82) is 0 Å². The Hall–Kier alpha value is -5.82. The van der Waals surface area contributed by atoms with E-state index in [9.17, 15) is 0 Å². The first-order valence-corrected chi connectivity index (χ1v) is 26.5. The van der Waals surface area contributed by atoms with Gasteiger partial charge in [0.05, 0.1) is 29.3 Å². The Bertz CT molecular complexity index is 2580. The molecular weight excluding hydrogens is 1340 g/mol. The van der Waals surface area contributed by atoms with Crippen LogP contribution >= 0.6 is 26.4 Å². The van der Waals surface area contributed by atoms with E-state index in [1.165, 1.54) is 36.8 Å². The van der Waals surface area contributed by atoms with Crippen molar-refractivity contribution < 1.29 is 44.4 Å². The van der Waals surface area contributed by atoms with Crippen molar-refractivity contribution >= 4 is 26.4 Å². The standard InChI is InChI=1S/2C16H11N2.2C14H19N2.BrH.ClH.2Pt/c2*1-2-7-13(8-3-1)14-10-6-11-16(18-14)15-9-4-5-12-17-15;2*1-2-3-9-15-10-11-16(13-15)12-14-7-5-4-6-8-14;;;;/h2*1-7,9-12H;2*4-8,10-11,13H,2-3,9,12H2,1H3;2*1H;;/q3*-1;+1;;;2*+2/p-1.